The van der Waals surface area contributed by atoms with E-state index in [1.54, 1.807) is 23.2 Å². The Balaban J connectivity index is 1.87. The number of carbonyl (C=O) groups excluding carboxylic acids is 1. The molecule has 0 radical (unpaired) electrons. The third-order valence-corrected chi connectivity index (χ3v) is 3.83. The minimum atomic E-state index is -0.909. The molecule has 1 aromatic heterocycles. The standard InChI is InChI=1S/C17H13ClF2N2O2/c18-15-5-4-11(7-21-15)8-22(13-6-16(23)24-10-13)9-12-2-1-3-14(19)17(12)20/h1-7H,8-10H2. The van der Waals surface area contributed by atoms with Crippen molar-refractivity contribution in [3.05, 3.63) is 76.2 Å². The molecule has 2 aromatic rings. The number of ether oxygens (including phenoxy) is 1. The van der Waals surface area contributed by atoms with Crippen molar-refractivity contribution in [2.24, 2.45) is 0 Å². The van der Waals surface area contributed by atoms with Crippen LogP contribution in [-0.4, -0.2) is 22.5 Å². The molecule has 0 N–H and O–H groups in total. The highest BCUT2D eigenvalue weighted by Crippen LogP contribution is 2.21. The second-order valence-electron chi connectivity index (χ2n) is 5.30. The molecule has 0 spiro atoms. The van der Waals surface area contributed by atoms with Crippen molar-refractivity contribution in [1.29, 1.82) is 0 Å². The lowest BCUT2D eigenvalue weighted by Gasteiger charge is -2.25. The molecule has 2 heterocycles. The Bertz CT molecular complexity index is 794. The predicted octanol–water partition coefficient (Wildman–Crippen LogP) is 3.46. The van der Waals surface area contributed by atoms with Gasteiger partial charge in [0.05, 0.1) is 5.70 Å². The molecule has 0 saturated heterocycles. The topological polar surface area (TPSA) is 42.4 Å². The largest absolute Gasteiger partial charge is 0.456 e. The van der Waals surface area contributed by atoms with Gasteiger partial charge in [-0.15, -0.1) is 0 Å². The normalized spacial score (nSPS) is 13.6. The molecule has 0 aliphatic carbocycles. The van der Waals surface area contributed by atoms with Crippen LogP contribution in [0.25, 0.3) is 0 Å². The zero-order valence-corrected chi connectivity index (χ0v) is 13.3. The maximum Gasteiger partial charge on any atom is 0.333 e. The third kappa shape index (κ3) is 3.71. The molecule has 1 aromatic carbocycles. The lowest BCUT2D eigenvalue weighted by Crippen LogP contribution is -2.24. The number of cyclic esters (lactones) is 1. The Hall–Kier alpha value is -2.47. The summed E-state index contributed by atoms with van der Waals surface area (Å²) < 4.78 is 32.3. The molecule has 0 amide bonds. The molecule has 0 unspecified atom stereocenters. The monoisotopic (exact) mass is 350 g/mol. The molecule has 0 saturated carbocycles. The van der Waals surface area contributed by atoms with Crippen LogP contribution < -0.4 is 0 Å². The van der Waals surface area contributed by atoms with Crippen molar-refractivity contribution in [3.8, 4) is 0 Å². The number of carbonyl (C=O) groups is 1. The van der Waals surface area contributed by atoms with Gasteiger partial charge in [-0.25, -0.2) is 18.6 Å². The van der Waals surface area contributed by atoms with Gasteiger partial charge in [-0.2, -0.15) is 0 Å². The van der Waals surface area contributed by atoms with Crippen LogP contribution in [0.3, 0.4) is 0 Å². The van der Waals surface area contributed by atoms with E-state index in [0.29, 0.717) is 17.4 Å². The fourth-order valence-electron chi connectivity index (χ4n) is 2.40. The van der Waals surface area contributed by atoms with Crippen LogP contribution in [0, 0.1) is 11.6 Å². The molecular weight excluding hydrogens is 338 g/mol. The molecule has 24 heavy (non-hydrogen) atoms. The second kappa shape index (κ2) is 6.97. The minimum Gasteiger partial charge on any atom is -0.456 e. The first kappa shape index (κ1) is 16.4. The summed E-state index contributed by atoms with van der Waals surface area (Å²) in [6.45, 7) is 0.536. The Labute approximate surface area is 142 Å². The van der Waals surface area contributed by atoms with Gasteiger partial charge in [0.25, 0.3) is 0 Å². The lowest BCUT2D eigenvalue weighted by atomic mass is 10.1. The zero-order valence-electron chi connectivity index (χ0n) is 12.5. The number of nitrogens with zero attached hydrogens (tertiary/aromatic N) is 2. The summed E-state index contributed by atoms with van der Waals surface area (Å²) in [5.74, 6) is -2.26. The van der Waals surface area contributed by atoms with E-state index in [-0.39, 0.29) is 18.7 Å². The van der Waals surface area contributed by atoms with Crippen LogP contribution in [0.2, 0.25) is 5.15 Å². The number of aromatic nitrogens is 1. The average molecular weight is 351 g/mol. The highest BCUT2D eigenvalue weighted by Gasteiger charge is 2.21. The van der Waals surface area contributed by atoms with E-state index in [9.17, 15) is 13.6 Å². The molecule has 4 nitrogen and oxygen atoms in total. The average Bonchev–Trinajstić information content (AvgIpc) is 2.99. The SMILES string of the molecule is O=C1C=C(N(Cc2ccc(Cl)nc2)Cc2cccc(F)c2F)CO1. The minimum absolute atomic E-state index is 0.0920. The van der Waals surface area contributed by atoms with Gasteiger partial charge < -0.3 is 9.64 Å². The smallest absolute Gasteiger partial charge is 0.333 e. The summed E-state index contributed by atoms with van der Waals surface area (Å²) in [6.07, 6.45) is 2.94. The maximum absolute atomic E-state index is 14.0. The van der Waals surface area contributed by atoms with Crippen LogP contribution >= 0.6 is 11.6 Å². The van der Waals surface area contributed by atoms with E-state index in [2.05, 4.69) is 4.98 Å². The summed E-state index contributed by atoms with van der Waals surface area (Å²) >= 11 is 5.77. The summed E-state index contributed by atoms with van der Waals surface area (Å²) in [5.41, 5.74) is 1.60. The molecule has 0 bridgehead atoms. The van der Waals surface area contributed by atoms with Gasteiger partial charge in [0.2, 0.25) is 0 Å². The molecular formula is C17H13ClF2N2O2. The number of hydrogen-bond acceptors (Lipinski definition) is 4. The highest BCUT2D eigenvalue weighted by molar-refractivity contribution is 6.29. The van der Waals surface area contributed by atoms with Crippen molar-refractivity contribution in [1.82, 2.24) is 9.88 Å². The summed E-state index contributed by atoms with van der Waals surface area (Å²) in [7, 11) is 0. The van der Waals surface area contributed by atoms with Gasteiger partial charge in [0.15, 0.2) is 11.6 Å². The van der Waals surface area contributed by atoms with Crippen molar-refractivity contribution in [2.45, 2.75) is 13.1 Å². The third-order valence-electron chi connectivity index (χ3n) is 3.61. The van der Waals surface area contributed by atoms with Gasteiger partial charge in [-0.1, -0.05) is 29.8 Å². The van der Waals surface area contributed by atoms with Gasteiger partial charge >= 0.3 is 5.97 Å². The Morgan fingerprint density at radius 3 is 2.71 bits per heavy atom. The van der Waals surface area contributed by atoms with Crippen molar-refractivity contribution >= 4 is 17.6 Å². The van der Waals surface area contributed by atoms with Crippen LogP contribution in [-0.2, 0) is 22.6 Å². The first-order valence-corrected chi connectivity index (χ1v) is 7.56. The Morgan fingerprint density at radius 1 is 1.21 bits per heavy atom. The number of hydrogen-bond donors (Lipinski definition) is 0. The van der Waals surface area contributed by atoms with Gasteiger partial charge in [0.1, 0.15) is 11.8 Å². The van der Waals surface area contributed by atoms with E-state index in [0.717, 1.165) is 11.6 Å². The predicted molar refractivity (Wildman–Crippen MR) is 83.9 cm³/mol. The number of rotatable bonds is 5. The zero-order chi connectivity index (χ0) is 17.1. The molecule has 3 rings (SSSR count). The Morgan fingerprint density at radius 2 is 2.04 bits per heavy atom. The van der Waals surface area contributed by atoms with E-state index < -0.39 is 17.6 Å². The van der Waals surface area contributed by atoms with E-state index in [4.69, 9.17) is 16.3 Å². The first-order valence-electron chi connectivity index (χ1n) is 7.18. The van der Waals surface area contributed by atoms with Crippen molar-refractivity contribution in [2.75, 3.05) is 6.61 Å². The van der Waals surface area contributed by atoms with E-state index >= 15 is 0 Å². The molecule has 0 fully saturated rings. The van der Waals surface area contributed by atoms with Crippen molar-refractivity contribution < 1.29 is 18.3 Å². The number of pyridine rings is 1. The number of benzene rings is 1. The second-order valence-corrected chi connectivity index (χ2v) is 5.69. The fourth-order valence-corrected chi connectivity index (χ4v) is 2.51. The van der Waals surface area contributed by atoms with Crippen LogP contribution in [0.5, 0.6) is 0 Å². The molecule has 1 aliphatic heterocycles. The van der Waals surface area contributed by atoms with Crippen molar-refractivity contribution in [3.63, 3.8) is 0 Å². The van der Waals surface area contributed by atoms with Gasteiger partial charge in [-0.3, -0.25) is 0 Å². The highest BCUT2D eigenvalue weighted by atomic mass is 35.5. The maximum atomic E-state index is 14.0. The van der Waals surface area contributed by atoms with E-state index in [1.807, 2.05) is 0 Å². The van der Waals surface area contributed by atoms with Crippen LogP contribution in [0.1, 0.15) is 11.1 Å². The fraction of sp³-hybridized carbons (Fsp3) is 0.176. The summed E-state index contributed by atoms with van der Waals surface area (Å²) in [5, 5.41) is 0.361. The van der Waals surface area contributed by atoms with Gasteiger partial charge in [0, 0.05) is 30.9 Å². The molecule has 1 aliphatic rings. The Kier molecular flexibility index (Phi) is 4.76. The summed E-state index contributed by atoms with van der Waals surface area (Å²) in [4.78, 5) is 17.1. The van der Waals surface area contributed by atoms with E-state index in [1.165, 1.54) is 18.2 Å². The number of halogens is 3. The van der Waals surface area contributed by atoms with Crippen LogP contribution in [0.4, 0.5) is 8.78 Å². The quantitative estimate of drug-likeness (QED) is 0.612. The van der Waals surface area contributed by atoms with Crippen LogP contribution in [0.15, 0.2) is 48.3 Å². The molecule has 124 valence electrons. The summed E-state index contributed by atoms with van der Waals surface area (Å²) in [6, 6.07) is 7.43. The molecule has 0 atom stereocenters. The number of esters is 1. The molecule has 7 heteroatoms. The van der Waals surface area contributed by atoms with Gasteiger partial charge in [-0.05, 0) is 17.7 Å². The lowest BCUT2D eigenvalue weighted by molar-refractivity contribution is -0.135. The first-order chi connectivity index (χ1) is 11.5.